The van der Waals surface area contributed by atoms with E-state index in [1.807, 2.05) is 0 Å². The second-order valence-corrected chi connectivity index (χ2v) is 28.2. The van der Waals surface area contributed by atoms with E-state index < -0.39 is 16.1 Å². The molecule has 0 spiro atoms. The molecule has 78 heavy (non-hydrogen) atoms. The molecule has 2 heteroatoms. The molecule has 0 aliphatic heterocycles. The maximum absolute atomic E-state index is 2.98. The van der Waals surface area contributed by atoms with Crippen LogP contribution in [0, 0.1) is 0 Å². The van der Waals surface area contributed by atoms with Crippen molar-refractivity contribution in [2.75, 3.05) is 0 Å². The van der Waals surface area contributed by atoms with Crippen LogP contribution in [0.5, 0.6) is 0 Å². The average Bonchev–Trinajstić information content (AvgIpc) is 3.62. The Morgan fingerprint density at radius 2 is 0.487 bits per heavy atom. The van der Waals surface area contributed by atoms with Gasteiger partial charge in [0, 0.05) is 0 Å². The maximum Gasteiger partial charge on any atom is 0.179 e. The highest BCUT2D eigenvalue weighted by molar-refractivity contribution is 7.20. The van der Waals surface area contributed by atoms with Gasteiger partial charge in [0.2, 0.25) is 0 Å². The summed E-state index contributed by atoms with van der Waals surface area (Å²) in [6, 6.07) is 124. The normalized spacial score (nSPS) is 11.8. The molecule has 0 aliphatic carbocycles. The summed E-state index contributed by atoms with van der Waals surface area (Å²) in [6.07, 6.45) is 0. The molecule has 0 heterocycles. The lowest BCUT2D eigenvalue weighted by Crippen LogP contribution is -2.74. The van der Waals surface area contributed by atoms with Crippen molar-refractivity contribution in [1.29, 1.82) is 0 Å². The molecule has 0 amide bonds. The monoisotopic (exact) mass is 1020 g/mol. The van der Waals surface area contributed by atoms with Gasteiger partial charge in [-0.25, -0.2) is 0 Å². The molecule has 0 bridgehead atoms. The molecule has 366 valence electrons. The molecule has 0 fully saturated rings. The van der Waals surface area contributed by atoms with E-state index >= 15 is 0 Å². The Kier molecular flexibility index (Phi) is 12.0. The molecule has 14 aromatic rings. The molecule has 0 atom stereocenters. The van der Waals surface area contributed by atoms with E-state index in [1.54, 1.807) is 0 Å². The lowest BCUT2D eigenvalue weighted by Gasteiger charge is -2.35. The highest BCUT2D eigenvalue weighted by atomic mass is 28.3. The second kappa shape index (κ2) is 19.9. The summed E-state index contributed by atoms with van der Waals surface area (Å²) < 4.78 is 0. The minimum Gasteiger partial charge on any atom is -0.0623 e. The van der Waals surface area contributed by atoms with Crippen molar-refractivity contribution in [3.63, 3.8) is 0 Å². The Morgan fingerprint density at radius 1 is 0.167 bits per heavy atom. The third-order valence-corrected chi connectivity index (χ3v) is 26.1. The minimum atomic E-state index is -2.98. The van der Waals surface area contributed by atoms with Crippen LogP contribution in [0.25, 0.3) is 76.5 Å². The van der Waals surface area contributed by atoms with Crippen LogP contribution in [0.15, 0.2) is 328 Å². The summed E-state index contributed by atoms with van der Waals surface area (Å²) in [7, 11) is -5.96. The summed E-state index contributed by atoms with van der Waals surface area (Å²) in [4.78, 5) is 0. The quantitative estimate of drug-likeness (QED) is 0.0688. The first-order chi connectivity index (χ1) is 38.7. The van der Waals surface area contributed by atoms with Gasteiger partial charge >= 0.3 is 0 Å². The van der Waals surface area contributed by atoms with E-state index in [-0.39, 0.29) is 0 Å². The maximum atomic E-state index is 2.62. The fraction of sp³-hybridized carbons (Fsp3) is 0. The van der Waals surface area contributed by atoms with Crippen molar-refractivity contribution in [2.45, 2.75) is 0 Å². The molecule has 0 nitrogen and oxygen atoms in total. The van der Waals surface area contributed by atoms with Crippen molar-refractivity contribution in [3.05, 3.63) is 328 Å². The van der Waals surface area contributed by atoms with Crippen molar-refractivity contribution < 1.29 is 0 Å². The zero-order chi connectivity index (χ0) is 51.9. The van der Waals surface area contributed by atoms with E-state index in [2.05, 4.69) is 328 Å². The first-order valence-corrected chi connectivity index (χ1v) is 31.2. The van der Waals surface area contributed by atoms with Gasteiger partial charge < -0.3 is 0 Å². The van der Waals surface area contributed by atoms with Gasteiger partial charge in [0.15, 0.2) is 16.1 Å². The van der Waals surface area contributed by atoms with E-state index in [1.165, 1.54) is 118 Å². The van der Waals surface area contributed by atoms with E-state index in [0.29, 0.717) is 0 Å². The fourth-order valence-corrected chi connectivity index (χ4v) is 22.7. The predicted molar refractivity (Wildman–Crippen MR) is 340 cm³/mol. The zero-order valence-electron chi connectivity index (χ0n) is 43.2. The van der Waals surface area contributed by atoms with Gasteiger partial charge in [0.25, 0.3) is 0 Å². The van der Waals surface area contributed by atoms with Gasteiger partial charge in [-0.1, -0.05) is 322 Å². The molecule has 14 rings (SSSR count). The topological polar surface area (TPSA) is 0 Å². The number of rotatable bonds is 11. The Labute approximate surface area is 458 Å². The SMILES string of the molecule is c1ccc([Si](c2ccccc2)(c2ccccc2)c2ccc3c(-c4cccc5ccccc45)c4cc([Si](c5ccccc5)(c5ccccc5)c5ccccc5)ccc4c(-c4cccc(-c5cccc6ccccc56)c4)c3c2)cc1. The number of benzene rings is 14. The molecule has 14 aromatic carbocycles. The van der Waals surface area contributed by atoms with Crippen LogP contribution < -0.4 is 41.5 Å². The van der Waals surface area contributed by atoms with Gasteiger partial charge in [-0.3, -0.25) is 0 Å². The van der Waals surface area contributed by atoms with Crippen LogP contribution in [-0.4, -0.2) is 16.1 Å². The van der Waals surface area contributed by atoms with Crippen molar-refractivity contribution in [2.24, 2.45) is 0 Å². The highest BCUT2D eigenvalue weighted by Crippen LogP contribution is 2.46. The Bertz CT molecular complexity index is 4260. The standard InChI is InChI=1S/C76H54Si2/c1-7-32-59(33-8-1)77(60-34-9-2-10-35-60,61-36-11-3-12-37-61)65-49-51-72-73(53-65)75(58-31-23-30-57(52-58)69-46-24-28-55-26-19-21-44-67(55)69)71-50-48-66(54-74(71)76(72)70-47-25-29-56-27-20-22-45-68(56)70)78(62-38-13-4-14-39-62,63-40-15-5-16-41-63)64-42-17-6-18-43-64/h1-54H. The van der Waals surface area contributed by atoms with Crippen molar-refractivity contribution >= 4 is 101 Å². The molecule has 0 N–H and O–H groups in total. The summed E-state index contributed by atoms with van der Waals surface area (Å²) in [5, 5.41) is 20.7. The lowest BCUT2D eigenvalue weighted by molar-refractivity contribution is 1.63. The molecule has 0 unspecified atom stereocenters. The Morgan fingerprint density at radius 3 is 0.923 bits per heavy atom. The summed E-state index contributed by atoms with van der Waals surface area (Å²) in [5.74, 6) is 0. The molecule has 0 radical (unpaired) electrons. The van der Waals surface area contributed by atoms with Gasteiger partial charge in [-0.15, -0.1) is 0 Å². The predicted octanol–water partition coefficient (Wildman–Crippen LogP) is 14.1. The summed E-state index contributed by atoms with van der Waals surface area (Å²) >= 11 is 0. The van der Waals surface area contributed by atoms with Gasteiger partial charge in [0.1, 0.15) is 0 Å². The lowest BCUT2D eigenvalue weighted by atomic mass is 9.84. The van der Waals surface area contributed by atoms with E-state index in [4.69, 9.17) is 0 Å². The van der Waals surface area contributed by atoms with Crippen LogP contribution >= 0.6 is 0 Å². The van der Waals surface area contributed by atoms with E-state index in [0.717, 1.165) is 0 Å². The number of hydrogen-bond acceptors (Lipinski definition) is 0. The highest BCUT2D eigenvalue weighted by Gasteiger charge is 2.43. The van der Waals surface area contributed by atoms with Gasteiger partial charge in [-0.2, -0.15) is 0 Å². The van der Waals surface area contributed by atoms with Gasteiger partial charge in [0.05, 0.1) is 0 Å². The molecular formula is C76H54Si2. The zero-order valence-corrected chi connectivity index (χ0v) is 45.2. The molecule has 0 saturated heterocycles. The summed E-state index contributed by atoms with van der Waals surface area (Å²) in [5.41, 5.74) is 7.33. The third kappa shape index (κ3) is 7.71. The molecule has 0 aliphatic rings. The molecule has 0 aromatic heterocycles. The smallest absolute Gasteiger partial charge is 0.0623 e. The average molecular weight is 1020 g/mol. The van der Waals surface area contributed by atoms with Crippen molar-refractivity contribution in [1.82, 2.24) is 0 Å². The molecule has 0 saturated carbocycles. The third-order valence-electron chi connectivity index (χ3n) is 16.5. The molecular weight excluding hydrogens is 969 g/mol. The number of hydrogen-bond donors (Lipinski definition) is 0. The first-order valence-electron chi connectivity index (χ1n) is 27.2. The van der Waals surface area contributed by atoms with Crippen LogP contribution in [0.1, 0.15) is 0 Å². The van der Waals surface area contributed by atoms with Crippen LogP contribution in [0.4, 0.5) is 0 Å². The Balaban J connectivity index is 1.17. The Hall–Kier alpha value is -9.45. The summed E-state index contributed by atoms with van der Waals surface area (Å²) in [6.45, 7) is 0. The van der Waals surface area contributed by atoms with Crippen molar-refractivity contribution in [3.8, 4) is 33.4 Å². The van der Waals surface area contributed by atoms with Gasteiger partial charge in [-0.05, 0) is 124 Å². The first kappa shape index (κ1) is 47.0. The van der Waals surface area contributed by atoms with E-state index in [9.17, 15) is 0 Å². The number of fused-ring (bicyclic) bond motifs is 4. The van der Waals surface area contributed by atoms with Crippen LogP contribution in [0.3, 0.4) is 0 Å². The van der Waals surface area contributed by atoms with Crippen LogP contribution in [-0.2, 0) is 0 Å². The second-order valence-electron chi connectivity index (χ2n) is 20.6. The van der Waals surface area contributed by atoms with Crippen LogP contribution in [0.2, 0.25) is 0 Å². The minimum absolute atomic E-state index is 1.19. The largest absolute Gasteiger partial charge is 0.179 e. The fourth-order valence-electron chi connectivity index (χ4n) is 13.2.